The fraction of sp³-hybridized carbons (Fsp3) is 0.286. The third-order valence-corrected chi connectivity index (χ3v) is 6.07. The molecule has 2 N–H and O–H groups in total. The van der Waals surface area contributed by atoms with E-state index in [-0.39, 0.29) is 16.9 Å². The molecule has 0 amide bonds. The molecule has 1 heterocycles. The molecule has 20 heavy (non-hydrogen) atoms. The molecule has 1 aromatic heterocycles. The van der Waals surface area contributed by atoms with Crippen molar-refractivity contribution in [3.8, 4) is 0 Å². The molecule has 0 saturated heterocycles. The smallest absolute Gasteiger partial charge is 0.250 e. The number of thiophene rings is 1. The van der Waals surface area contributed by atoms with Crippen molar-refractivity contribution in [3.05, 3.63) is 52.9 Å². The highest BCUT2D eigenvalue weighted by Crippen LogP contribution is 2.24. The fourth-order valence-corrected chi connectivity index (χ4v) is 4.44. The molecule has 4 nitrogen and oxygen atoms in total. The van der Waals surface area contributed by atoms with E-state index in [9.17, 15) is 8.42 Å². The highest BCUT2D eigenvalue weighted by atomic mass is 32.2. The van der Waals surface area contributed by atoms with Crippen molar-refractivity contribution in [2.45, 2.75) is 23.6 Å². The minimum absolute atomic E-state index is 0.0217. The van der Waals surface area contributed by atoms with Crippen molar-refractivity contribution < 1.29 is 13.5 Å². The number of sulfonamides is 1. The summed E-state index contributed by atoms with van der Waals surface area (Å²) in [6.07, 6.45) is 0.481. The van der Waals surface area contributed by atoms with E-state index in [1.807, 2.05) is 37.3 Å². The Hall–Kier alpha value is -1.21. The van der Waals surface area contributed by atoms with Crippen LogP contribution in [-0.4, -0.2) is 20.1 Å². The van der Waals surface area contributed by atoms with E-state index in [0.29, 0.717) is 6.42 Å². The SMILES string of the molecule is CC(NS(=O)(=O)c1ccc(CCO)s1)c1ccccc1. The Labute approximate surface area is 123 Å². The molecule has 0 aliphatic heterocycles. The van der Waals surface area contributed by atoms with Gasteiger partial charge in [0.2, 0.25) is 0 Å². The highest BCUT2D eigenvalue weighted by Gasteiger charge is 2.20. The molecule has 108 valence electrons. The summed E-state index contributed by atoms with van der Waals surface area (Å²) in [5.41, 5.74) is 0.920. The number of rotatable bonds is 6. The van der Waals surface area contributed by atoms with Gasteiger partial charge in [-0.1, -0.05) is 30.3 Å². The fourth-order valence-electron chi connectivity index (χ4n) is 1.85. The van der Waals surface area contributed by atoms with Crippen LogP contribution in [0.1, 0.15) is 23.4 Å². The lowest BCUT2D eigenvalue weighted by atomic mass is 10.1. The molecular formula is C14H17NO3S2. The van der Waals surface area contributed by atoms with Gasteiger partial charge in [0.25, 0.3) is 10.0 Å². The van der Waals surface area contributed by atoms with Crippen LogP contribution in [0.2, 0.25) is 0 Å². The number of hydrogen-bond donors (Lipinski definition) is 2. The first-order valence-corrected chi connectivity index (χ1v) is 8.60. The lowest BCUT2D eigenvalue weighted by Crippen LogP contribution is -2.26. The normalized spacial score (nSPS) is 13.3. The van der Waals surface area contributed by atoms with Gasteiger partial charge in [-0.05, 0) is 24.6 Å². The van der Waals surface area contributed by atoms with Crippen LogP contribution < -0.4 is 4.72 Å². The minimum atomic E-state index is -3.52. The van der Waals surface area contributed by atoms with Gasteiger partial charge in [0, 0.05) is 23.9 Å². The molecule has 0 bridgehead atoms. The van der Waals surface area contributed by atoms with Crippen molar-refractivity contribution in [2.24, 2.45) is 0 Å². The molecule has 0 aliphatic carbocycles. The van der Waals surface area contributed by atoms with Crippen molar-refractivity contribution in [3.63, 3.8) is 0 Å². The van der Waals surface area contributed by atoms with Crippen LogP contribution in [-0.2, 0) is 16.4 Å². The Morgan fingerprint density at radius 2 is 1.90 bits per heavy atom. The standard InChI is InChI=1S/C14H17NO3S2/c1-11(12-5-3-2-4-6-12)15-20(17,18)14-8-7-13(19-14)9-10-16/h2-8,11,15-16H,9-10H2,1H3. The van der Waals surface area contributed by atoms with Crippen molar-refractivity contribution >= 4 is 21.4 Å². The molecule has 1 atom stereocenters. The first-order valence-electron chi connectivity index (χ1n) is 6.30. The first kappa shape index (κ1) is 15.2. The average molecular weight is 311 g/mol. The van der Waals surface area contributed by atoms with E-state index in [2.05, 4.69) is 4.72 Å². The Balaban J connectivity index is 2.14. The van der Waals surface area contributed by atoms with E-state index < -0.39 is 10.0 Å². The molecule has 2 rings (SSSR count). The quantitative estimate of drug-likeness (QED) is 0.860. The average Bonchev–Trinajstić information content (AvgIpc) is 2.89. The van der Waals surface area contributed by atoms with Gasteiger partial charge in [-0.3, -0.25) is 0 Å². The molecule has 0 spiro atoms. The zero-order valence-corrected chi connectivity index (χ0v) is 12.7. The summed E-state index contributed by atoms with van der Waals surface area (Å²) < 4.78 is 27.5. The van der Waals surface area contributed by atoms with Gasteiger partial charge >= 0.3 is 0 Å². The summed E-state index contributed by atoms with van der Waals surface area (Å²) in [6.45, 7) is 1.84. The van der Waals surface area contributed by atoms with Crippen LogP contribution in [0.3, 0.4) is 0 Å². The van der Waals surface area contributed by atoms with Gasteiger partial charge in [-0.2, -0.15) is 0 Å². The van der Waals surface area contributed by atoms with Crippen molar-refractivity contribution in [1.29, 1.82) is 0 Å². The predicted molar refractivity (Wildman–Crippen MR) is 80.3 cm³/mol. The largest absolute Gasteiger partial charge is 0.396 e. The molecular weight excluding hydrogens is 294 g/mol. The van der Waals surface area contributed by atoms with E-state index in [1.54, 1.807) is 12.1 Å². The molecule has 6 heteroatoms. The maximum atomic E-state index is 12.3. The van der Waals surface area contributed by atoms with Crippen LogP contribution in [0, 0.1) is 0 Å². The lowest BCUT2D eigenvalue weighted by molar-refractivity contribution is 0.300. The maximum absolute atomic E-state index is 12.3. The number of benzene rings is 1. The Kier molecular flexibility index (Phi) is 4.93. The molecule has 0 saturated carbocycles. The second-order valence-electron chi connectivity index (χ2n) is 4.45. The van der Waals surface area contributed by atoms with Crippen LogP contribution in [0.4, 0.5) is 0 Å². The van der Waals surface area contributed by atoms with E-state index in [0.717, 1.165) is 10.4 Å². The van der Waals surface area contributed by atoms with Gasteiger partial charge in [0.05, 0.1) is 0 Å². The Morgan fingerprint density at radius 1 is 1.20 bits per heavy atom. The van der Waals surface area contributed by atoms with E-state index in [1.165, 1.54) is 11.3 Å². The Bertz CT molecular complexity index is 650. The third kappa shape index (κ3) is 3.67. The van der Waals surface area contributed by atoms with Crippen molar-refractivity contribution in [2.75, 3.05) is 6.61 Å². The van der Waals surface area contributed by atoms with E-state index >= 15 is 0 Å². The van der Waals surface area contributed by atoms with Crippen molar-refractivity contribution in [1.82, 2.24) is 4.72 Å². The monoisotopic (exact) mass is 311 g/mol. The van der Waals surface area contributed by atoms with Crippen LogP contribution in [0.25, 0.3) is 0 Å². The van der Waals surface area contributed by atoms with Gasteiger partial charge in [-0.15, -0.1) is 11.3 Å². The number of aliphatic hydroxyl groups excluding tert-OH is 1. The summed E-state index contributed by atoms with van der Waals surface area (Å²) in [4.78, 5) is 0.861. The second-order valence-corrected chi connectivity index (χ2v) is 7.56. The summed E-state index contributed by atoms with van der Waals surface area (Å²) in [6, 6.07) is 12.5. The predicted octanol–water partition coefficient (Wildman–Crippen LogP) is 2.32. The molecule has 0 aliphatic rings. The van der Waals surface area contributed by atoms with Crippen LogP contribution >= 0.6 is 11.3 Å². The van der Waals surface area contributed by atoms with Crippen LogP contribution in [0.15, 0.2) is 46.7 Å². The highest BCUT2D eigenvalue weighted by molar-refractivity contribution is 7.91. The topological polar surface area (TPSA) is 66.4 Å². The summed E-state index contributed by atoms with van der Waals surface area (Å²) in [5, 5.41) is 8.87. The molecule has 0 radical (unpaired) electrons. The Morgan fingerprint density at radius 3 is 2.55 bits per heavy atom. The zero-order valence-electron chi connectivity index (χ0n) is 11.1. The number of nitrogens with one attached hydrogen (secondary N) is 1. The molecule has 1 unspecified atom stereocenters. The second kappa shape index (κ2) is 6.49. The number of aliphatic hydroxyl groups is 1. The first-order chi connectivity index (χ1) is 9.53. The molecule has 2 aromatic rings. The zero-order chi connectivity index (χ0) is 14.6. The van der Waals surface area contributed by atoms with Gasteiger partial charge in [0.15, 0.2) is 0 Å². The summed E-state index contributed by atoms with van der Waals surface area (Å²) in [5.74, 6) is 0. The lowest BCUT2D eigenvalue weighted by Gasteiger charge is -2.13. The van der Waals surface area contributed by atoms with Crippen LogP contribution in [0.5, 0.6) is 0 Å². The summed E-state index contributed by atoms with van der Waals surface area (Å²) >= 11 is 1.19. The molecule has 1 aromatic carbocycles. The maximum Gasteiger partial charge on any atom is 0.250 e. The van der Waals surface area contributed by atoms with Gasteiger partial charge in [-0.25, -0.2) is 13.1 Å². The summed E-state index contributed by atoms with van der Waals surface area (Å²) in [7, 11) is -3.52. The third-order valence-electron chi connectivity index (χ3n) is 2.89. The van der Waals surface area contributed by atoms with Gasteiger partial charge < -0.3 is 5.11 Å². The minimum Gasteiger partial charge on any atom is -0.396 e. The van der Waals surface area contributed by atoms with Gasteiger partial charge in [0.1, 0.15) is 4.21 Å². The molecule has 0 fully saturated rings. The number of hydrogen-bond acceptors (Lipinski definition) is 4. The van der Waals surface area contributed by atoms with E-state index in [4.69, 9.17) is 5.11 Å².